The quantitative estimate of drug-likeness (QED) is 0.0764. The molecule has 2 aromatic heterocycles. The molecular formula is C30H23N5O5S. The van der Waals surface area contributed by atoms with E-state index in [1.165, 1.54) is 18.2 Å². The first-order valence-electron chi connectivity index (χ1n) is 12.5. The molecule has 0 spiro atoms. The van der Waals surface area contributed by atoms with Crippen LogP contribution in [0, 0.1) is 24.0 Å². The molecule has 1 amide bonds. The zero-order chi connectivity index (χ0) is 29.1. The van der Waals surface area contributed by atoms with Crippen molar-refractivity contribution in [1.82, 2.24) is 14.8 Å². The van der Waals surface area contributed by atoms with Gasteiger partial charge in [-0.15, -0.1) is 0 Å². The molecule has 0 radical (unpaired) electrons. The van der Waals surface area contributed by atoms with E-state index in [1.807, 2.05) is 66.7 Å². The number of ketones is 2. The van der Waals surface area contributed by atoms with Gasteiger partial charge in [0.05, 0.1) is 39.0 Å². The molecule has 41 heavy (non-hydrogen) atoms. The van der Waals surface area contributed by atoms with Gasteiger partial charge in [-0.3, -0.25) is 24.5 Å². The molecule has 204 valence electrons. The zero-order valence-electron chi connectivity index (χ0n) is 22.0. The number of nitro benzene ring substituents is 1. The van der Waals surface area contributed by atoms with Gasteiger partial charge in [0.2, 0.25) is 10.9 Å². The third-order valence-corrected chi connectivity index (χ3v) is 7.50. The van der Waals surface area contributed by atoms with Crippen LogP contribution in [0.4, 0.5) is 11.4 Å². The minimum Gasteiger partial charge on any atom is -0.319 e. The number of nitro groups is 1. The number of thiazole rings is 1. The van der Waals surface area contributed by atoms with Gasteiger partial charge in [0.25, 0.3) is 11.6 Å². The summed E-state index contributed by atoms with van der Waals surface area (Å²) in [5.41, 5.74) is 4.18. The third-order valence-electron chi connectivity index (χ3n) is 6.32. The molecule has 0 aliphatic rings. The average molecular weight is 566 g/mol. The second-order valence-electron chi connectivity index (χ2n) is 9.20. The number of amides is 1. The summed E-state index contributed by atoms with van der Waals surface area (Å²) in [6.07, 6.45) is -0.678. The summed E-state index contributed by atoms with van der Waals surface area (Å²) in [5, 5.41) is 18.7. The SMILES string of the molecule is Cc1ccc([N+](=O)[O-])cc1NC(=O)C(=O)CC(=O)c1sc(-n2nc(-c3ccccc3)cc2-c2ccccc2)nc1C. The Balaban J connectivity index is 1.39. The number of hydrogen-bond donors (Lipinski definition) is 1. The second-order valence-corrected chi connectivity index (χ2v) is 10.2. The Morgan fingerprint density at radius 1 is 0.927 bits per heavy atom. The van der Waals surface area contributed by atoms with E-state index in [-0.39, 0.29) is 16.3 Å². The fraction of sp³-hybridized carbons (Fsp3) is 0.100. The first kappa shape index (κ1) is 27.3. The minimum absolute atomic E-state index is 0.127. The zero-order valence-corrected chi connectivity index (χ0v) is 22.8. The predicted octanol–water partition coefficient (Wildman–Crippen LogP) is 5.97. The highest BCUT2D eigenvalue weighted by molar-refractivity contribution is 7.16. The van der Waals surface area contributed by atoms with Gasteiger partial charge >= 0.3 is 0 Å². The van der Waals surface area contributed by atoms with Crippen LogP contribution in [0.1, 0.15) is 27.3 Å². The van der Waals surface area contributed by atoms with Gasteiger partial charge in [0, 0.05) is 23.3 Å². The summed E-state index contributed by atoms with van der Waals surface area (Å²) >= 11 is 1.08. The van der Waals surface area contributed by atoms with Gasteiger partial charge in [0.15, 0.2) is 5.78 Å². The summed E-state index contributed by atoms with van der Waals surface area (Å²) in [6, 6.07) is 25.2. The number of Topliss-reactive ketones (excluding diaryl/α,β-unsaturated/α-hetero) is 2. The smallest absolute Gasteiger partial charge is 0.292 e. The van der Waals surface area contributed by atoms with Gasteiger partial charge in [0.1, 0.15) is 0 Å². The van der Waals surface area contributed by atoms with E-state index in [2.05, 4.69) is 10.3 Å². The molecule has 0 atom stereocenters. The van der Waals surface area contributed by atoms with Crippen LogP contribution in [0.15, 0.2) is 84.9 Å². The van der Waals surface area contributed by atoms with Crippen molar-refractivity contribution in [3.63, 3.8) is 0 Å². The number of hydrogen-bond acceptors (Lipinski definition) is 8. The van der Waals surface area contributed by atoms with Crippen LogP contribution in [0.3, 0.4) is 0 Å². The van der Waals surface area contributed by atoms with Gasteiger partial charge in [-0.2, -0.15) is 5.10 Å². The highest BCUT2D eigenvalue weighted by atomic mass is 32.1. The summed E-state index contributed by atoms with van der Waals surface area (Å²) in [7, 11) is 0. The molecule has 0 saturated carbocycles. The van der Waals surface area contributed by atoms with Crippen LogP contribution in [0.25, 0.3) is 27.6 Å². The molecule has 1 N–H and O–H groups in total. The lowest BCUT2D eigenvalue weighted by atomic mass is 10.1. The highest BCUT2D eigenvalue weighted by Crippen LogP contribution is 2.32. The van der Waals surface area contributed by atoms with E-state index in [0.717, 1.165) is 33.9 Å². The lowest BCUT2D eigenvalue weighted by Crippen LogP contribution is -2.25. The number of nitrogens with one attached hydrogen (secondary N) is 1. The van der Waals surface area contributed by atoms with Gasteiger partial charge in [-0.25, -0.2) is 9.67 Å². The second kappa shape index (κ2) is 11.4. The lowest BCUT2D eigenvalue weighted by molar-refractivity contribution is -0.384. The van der Waals surface area contributed by atoms with Crippen molar-refractivity contribution < 1.29 is 19.3 Å². The van der Waals surface area contributed by atoms with Crippen LogP contribution >= 0.6 is 11.3 Å². The Morgan fingerprint density at radius 2 is 1.59 bits per heavy atom. The van der Waals surface area contributed by atoms with Crippen molar-refractivity contribution in [2.75, 3.05) is 5.32 Å². The van der Waals surface area contributed by atoms with Crippen molar-refractivity contribution in [3.05, 3.63) is 111 Å². The van der Waals surface area contributed by atoms with Crippen LogP contribution in [-0.2, 0) is 9.59 Å². The first-order valence-corrected chi connectivity index (χ1v) is 13.3. The molecule has 0 aliphatic carbocycles. The van der Waals surface area contributed by atoms with E-state index >= 15 is 0 Å². The fourth-order valence-electron chi connectivity index (χ4n) is 4.18. The molecule has 0 saturated heterocycles. The number of anilines is 1. The molecule has 3 aromatic carbocycles. The third kappa shape index (κ3) is 5.85. The number of rotatable bonds is 9. The van der Waals surface area contributed by atoms with Crippen LogP contribution in [0.2, 0.25) is 0 Å². The first-order chi connectivity index (χ1) is 19.7. The molecule has 5 rings (SSSR count). The maximum absolute atomic E-state index is 13.1. The summed E-state index contributed by atoms with van der Waals surface area (Å²) in [4.78, 5) is 53.6. The normalized spacial score (nSPS) is 10.8. The number of benzene rings is 3. The molecule has 0 unspecified atom stereocenters. The summed E-state index contributed by atoms with van der Waals surface area (Å²) in [6.45, 7) is 3.30. The summed E-state index contributed by atoms with van der Waals surface area (Å²) < 4.78 is 1.67. The highest BCUT2D eigenvalue weighted by Gasteiger charge is 2.25. The number of nitrogens with zero attached hydrogens (tertiary/aromatic N) is 4. The van der Waals surface area contributed by atoms with E-state index in [0.29, 0.717) is 16.4 Å². The molecule has 2 heterocycles. The van der Waals surface area contributed by atoms with Gasteiger partial charge in [-0.05, 0) is 25.5 Å². The number of aryl methyl sites for hydroxylation is 2. The predicted molar refractivity (Wildman–Crippen MR) is 155 cm³/mol. The fourth-order valence-corrected chi connectivity index (χ4v) is 5.15. The van der Waals surface area contributed by atoms with Crippen molar-refractivity contribution in [2.24, 2.45) is 0 Å². The largest absolute Gasteiger partial charge is 0.319 e. The lowest BCUT2D eigenvalue weighted by Gasteiger charge is -2.07. The van der Waals surface area contributed by atoms with Crippen LogP contribution in [0.5, 0.6) is 0 Å². The number of carbonyl (C=O) groups excluding carboxylic acids is 3. The van der Waals surface area contributed by atoms with E-state index in [4.69, 9.17) is 5.10 Å². The topological polar surface area (TPSA) is 137 Å². The molecule has 0 fully saturated rings. The van der Waals surface area contributed by atoms with Crippen molar-refractivity contribution in [2.45, 2.75) is 20.3 Å². The van der Waals surface area contributed by atoms with E-state index < -0.39 is 28.8 Å². The van der Waals surface area contributed by atoms with Gasteiger partial charge in [-0.1, -0.05) is 78.1 Å². The number of aromatic nitrogens is 3. The van der Waals surface area contributed by atoms with Crippen molar-refractivity contribution in [1.29, 1.82) is 0 Å². The van der Waals surface area contributed by atoms with Crippen molar-refractivity contribution >= 4 is 40.2 Å². The van der Waals surface area contributed by atoms with E-state index in [1.54, 1.807) is 18.5 Å². The Hall–Kier alpha value is -5.29. The molecule has 10 nitrogen and oxygen atoms in total. The van der Waals surface area contributed by atoms with Gasteiger partial charge < -0.3 is 5.32 Å². The minimum atomic E-state index is -1.03. The number of carbonyl (C=O) groups is 3. The Labute approximate surface area is 238 Å². The monoisotopic (exact) mass is 565 g/mol. The van der Waals surface area contributed by atoms with E-state index in [9.17, 15) is 24.5 Å². The molecule has 11 heteroatoms. The molecule has 0 bridgehead atoms. The molecule has 0 aliphatic heterocycles. The van der Waals surface area contributed by atoms with Crippen LogP contribution < -0.4 is 5.32 Å². The van der Waals surface area contributed by atoms with Crippen molar-refractivity contribution in [3.8, 4) is 27.6 Å². The standard InChI is InChI=1S/C30H23N5O5S/c1-18-13-14-22(35(39)40)15-23(18)32-29(38)27(37)17-26(36)28-19(2)31-30(41-28)34-25(21-11-7-4-8-12-21)16-24(33-34)20-9-5-3-6-10-20/h3-16H,17H2,1-2H3,(H,32,38). The summed E-state index contributed by atoms with van der Waals surface area (Å²) in [5.74, 6) is -2.56. The van der Waals surface area contributed by atoms with Crippen LogP contribution in [-0.4, -0.2) is 37.2 Å². The Bertz CT molecular complexity index is 1790. The molecule has 5 aromatic rings. The Morgan fingerprint density at radius 3 is 2.24 bits per heavy atom. The Kier molecular flexibility index (Phi) is 7.61. The molecular weight excluding hydrogens is 542 g/mol. The maximum Gasteiger partial charge on any atom is 0.292 e. The number of non-ortho nitro benzene ring substituents is 1. The maximum atomic E-state index is 13.1. The average Bonchev–Trinajstić information content (AvgIpc) is 3.59.